The Kier molecular flexibility index (Phi) is 2.31. The molecule has 4 amide bonds. The molecule has 1 aliphatic heterocycles. The van der Waals surface area contributed by atoms with E-state index in [0.717, 1.165) is 32.1 Å². The summed E-state index contributed by atoms with van der Waals surface area (Å²) in [5.74, 6) is -0.631. The molecule has 3 aliphatic rings. The molecule has 0 bridgehead atoms. The lowest BCUT2D eigenvalue weighted by Crippen LogP contribution is -2.66. The quantitative estimate of drug-likeness (QED) is 0.718. The Balaban J connectivity index is 1.97. The number of hydrogen-bond donors (Lipinski definition) is 1. The normalized spacial score (nSPS) is 29.4. The lowest BCUT2D eigenvalue weighted by atomic mass is 9.71. The van der Waals surface area contributed by atoms with Gasteiger partial charge in [-0.05, 0) is 32.6 Å². The highest BCUT2D eigenvalue weighted by atomic mass is 16.2. The number of barbiturate groups is 1. The highest BCUT2D eigenvalue weighted by molar-refractivity contribution is 6.19. The van der Waals surface area contributed by atoms with Crippen molar-refractivity contribution in [2.45, 2.75) is 57.4 Å². The largest absolute Gasteiger partial charge is 0.331 e. The number of imide groups is 2. The summed E-state index contributed by atoms with van der Waals surface area (Å²) in [5.41, 5.74) is -1.32. The zero-order chi connectivity index (χ0) is 13.0. The number of carbonyl (C=O) groups excluding carboxylic acids is 3. The van der Waals surface area contributed by atoms with E-state index in [-0.39, 0.29) is 17.4 Å². The minimum atomic E-state index is -0.961. The molecule has 1 N–H and O–H groups in total. The van der Waals surface area contributed by atoms with Gasteiger partial charge in [-0.1, -0.05) is 19.3 Å². The van der Waals surface area contributed by atoms with Crippen LogP contribution in [0.15, 0.2) is 0 Å². The molecule has 1 spiro atoms. The lowest BCUT2D eigenvalue weighted by Gasteiger charge is -2.43. The van der Waals surface area contributed by atoms with E-state index in [9.17, 15) is 14.4 Å². The predicted octanol–water partition coefficient (Wildman–Crippen LogP) is 1.57. The molecule has 3 rings (SSSR count). The monoisotopic (exact) mass is 250 g/mol. The fourth-order valence-corrected chi connectivity index (χ4v) is 3.17. The molecule has 0 radical (unpaired) electrons. The molecule has 0 aromatic rings. The molecule has 3 fully saturated rings. The van der Waals surface area contributed by atoms with E-state index >= 15 is 0 Å². The minimum absolute atomic E-state index is 0.254. The van der Waals surface area contributed by atoms with Crippen LogP contribution >= 0.6 is 0 Å². The summed E-state index contributed by atoms with van der Waals surface area (Å²) in [6, 6.07) is -0.527. The molecule has 98 valence electrons. The fourth-order valence-electron chi connectivity index (χ4n) is 3.17. The van der Waals surface area contributed by atoms with Crippen molar-refractivity contribution >= 4 is 17.8 Å². The number of amides is 4. The second-order valence-corrected chi connectivity index (χ2v) is 6.04. The molecule has 5 nitrogen and oxygen atoms in total. The van der Waals surface area contributed by atoms with Crippen molar-refractivity contribution < 1.29 is 14.4 Å². The number of rotatable bonds is 1. The van der Waals surface area contributed by atoms with Gasteiger partial charge in [-0.25, -0.2) is 4.79 Å². The Morgan fingerprint density at radius 2 is 1.61 bits per heavy atom. The van der Waals surface area contributed by atoms with E-state index in [1.54, 1.807) is 0 Å². The predicted molar refractivity (Wildman–Crippen MR) is 63.5 cm³/mol. The Morgan fingerprint density at radius 1 is 1.00 bits per heavy atom. The average molecular weight is 250 g/mol. The van der Waals surface area contributed by atoms with Crippen molar-refractivity contribution in [3.8, 4) is 0 Å². The van der Waals surface area contributed by atoms with E-state index in [1.165, 1.54) is 4.90 Å². The summed E-state index contributed by atoms with van der Waals surface area (Å²) in [5, 5.41) is 2.39. The SMILES string of the molecule is CC1(N2C(=O)NC(=O)C3(CCCCC3)C2=O)CC1. The summed E-state index contributed by atoms with van der Waals surface area (Å²) in [6.45, 7) is 1.91. The van der Waals surface area contributed by atoms with Gasteiger partial charge in [0.15, 0.2) is 0 Å². The highest BCUT2D eigenvalue weighted by Gasteiger charge is 2.60. The first-order chi connectivity index (χ1) is 8.50. The van der Waals surface area contributed by atoms with Gasteiger partial charge < -0.3 is 0 Å². The molecule has 0 atom stereocenters. The third-order valence-electron chi connectivity index (χ3n) is 4.69. The Hall–Kier alpha value is -1.39. The molecular weight excluding hydrogens is 232 g/mol. The molecule has 0 aromatic heterocycles. The van der Waals surface area contributed by atoms with Gasteiger partial charge in [0.25, 0.3) is 0 Å². The van der Waals surface area contributed by atoms with Gasteiger partial charge in [-0.15, -0.1) is 0 Å². The van der Waals surface area contributed by atoms with Gasteiger partial charge in [0.1, 0.15) is 5.41 Å². The van der Waals surface area contributed by atoms with Crippen LogP contribution in [-0.4, -0.2) is 28.3 Å². The highest BCUT2D eigenvalue weighted by Crippen LogP contribution is 2.47. The summed E-state index contributed by atoms with van der Waals surface area (Å²) in [7, 11) is 0. The Morgan fingerprint density at radius 3 is 2.17 bits per heavy atom. The van der Waals surface area contributed by atoms with Gasteiger partial charge in [0, 0.05) is 5.54 Å². The Labute approximate surface area is 106 Å². The number of urea groups is 1. The van der Waals surface area contributed by atoms with Crippen LogP contribution in [0.25, 0.3) is 0 Å². The van der Waals surface area contributed by atoms with Crippen molar-refractivity contribution in [1.29, 1.82) is 0 Å². The van der Waals surface area contributed by atoms with Gasteiger partial charge >= 0.3 is 6.03 Å². The van der Waals surface area contributed by atoms with Crippen LogP contribution in [0.4, 0.5) is 4.79 Å². The van der Waals surface area contributed by atoms with Crippen LogP contribution in [0, 0.1) is 5.41 Å². The summed E-state index contributed by atoms with van der Waals surface area (Å²) in [4.78, 5) is 38.0. The van der Waals surface area contributed by atoms with Gasteiger partial charge in [0.05, 0.1) is 0 Å². The fraction of sp³-hybridized carbons (Fsp3) is 0.769. The van der Waals surface area contributed by atoms with E-state index in [2.05, 4.69) is 5.32 Å². The van der Waals surface area contributed by atoms with Crippen molar-refractivity contribution in [3.05, 3.63) is 0 Å². The van der Waals surface area contributed by atoms with Gasteiger partial charge in [-0.2, -0.15) is 0 Å². The third kappa shape index (κ3) is 1.42. The molecule has 1 heterocycles. The second-order valence-electron chi connectivity index (χ2n) is 6.04. The van der Waals surface area contributed by atoms with Crippen LogP contribution < -0.4 is 5.32 Å². The number of nitrogens with one attached hydrogen (secondary N) is 1. The molecule has 18 heavy (non-hydrogen) atoms. The van der Waals surface area contributed by atoms with Crippen molar-refractivity contribution in [2.24, 2.45) is 5.41 Å². The lowest BCUT2D eigenvalue weighted by molar-refractivity contribution is -0.155. The van der Waals surface area contributed by atoms with Crippen LogP contribution in [0.5, 0.6) is 0 Å². The number of carbonyl (C=O) groups is 3. The topological polar surface area (TPSA) is 66.5 Å². The van der Waals surface area contributed by atoms with Crippen molar-refractivity contribution in [1.82, 2.24) is 10.2 Å². The van der Waals surface area contributed by atoms with E-state index in [1.807, 2.05) is 6.92 Å². The van der Waals surface area contributed by atoms with E-state index in [0.29, 0.717) is 12.8 Å². The maximum absolute atomic E-state index is 12.7. The molecule has 2 saturated carbocycles. The molecular formula is C13H18N2O3. The van der Waals surface area contributed by atoms with Crippen LogP contribution in [0.3, 0.4) is 0 Å². The first kappa shape index (κ1) is 11.7. The first-order valence-electron chi connectivity index (χ1n) is 6.70. The van der Waals surface area contributed by atoms with E-state index in [4.69, 9.17) is 0 Å². The second kappa shape index (κ2) is 3.56. The van der Waals surface area contributed by atoms with Crippen LogP contribution in [-0.2, 0) is 9.59 Å². The summed E-state index contributed by atoms with van der Waals surface area (Å²) >= 11 is 0. The summed E-state index contributed by atoms with van der Waals surface area (Å²) in [6.07, 6.45) is 5.69. The third-order valence-corrected chi connectivity index (χ3v) is 4.69. The molecule has 0 aromatic carbocycles. The number of nitrogens with zero attached hydrogens (tertiary/aromatic N) is 1. The van der Waals surface area contributed by atoms with E-state index < -0.39 is 11.4 Å². The smallest absolute Gasteiger partial charge is 0.277 e. The minimum Gasteiger partial charge on any atom is -0.277 e. The zero-order valence-corrected chi connectivity index (χ0v) is 10.6. The van der Waals surface area contributed by atoms with Crippen molar-refractivity contribution in [3.63, 3.8) is 0 Å². The number of hydrogen-bond acceptors (Lipinski definition) is 3. The van der Waals surface area contributed by atoms with Crippen LogP contribution in [0.1, 0.15) is 51.9 Å². The van der Waals surface area contributed by atoms with Crippen LogP contribution in [0.2, 0.25) is 0 Å². The average Bonchev–Trinajstić information content (AvgIpc) is 3.07. The standard InChI is InChI=1S/C13H18N2O3/c1-12(7-8-12)15-10(17)13(5-3-2-4-6-13)9(16)14-11(15)18/h2-8H2,1H3,(H,14,16,18). The van der Waals surface area contributed by atoms with Crippen molar-refractivity contribution in [2.75, 3.05) is 0 Å². The molecule has 5 heteroatoms. The molecule has 2 aliphatic carbocycles. The maximum atomic E-state index is 12.7. The maximum Gasteiger partial charge on any atom is 0.331 e. The zero-order valence-electron chi connectivity index (χ0n) is 10.6. The van der Waals surface area contributed by atoms with Gasteiger partial charge in [-0.3, -0.25) is 19.8 Å². The molecule has 0 unspecified atom stereocenters. The Bertz CT molecular complexity index is 434. The first-order valence-corrected chi connectivity index (χ1v) is 6.70. The summed E-state index contributed by atoms with van der Waals surface area (Å²) < 4.78 is 0. The molecule has 1 saturated heterocycles. The van der Waals surface area contributed by atoms with Gasteiger partial charge in [0.2, 0.25) is 11.8 Å².